The standard InChI is InChI=1S/C21H27N3O2/c1-18(25)24(16-11-19-6-4-3-5-7-19)17-12-21(26)23(2)15-10-20-8-13-22-14-9-20/h3-9,13-14H,10-12,15-17H2,1-2H3. The van der Waals surface area contributed by atoms with Crippen LogP contribution in [0.25, 0.3) is 0 Å². The Morgan fingerprint density at radius 2 is 1.50 bits per heavy atom. The zero-order valence-electron chi connectivity index (χ0n) is 15.6. The minimum absolute atomic E-state index is 0.00756. The molecule has 0 aliphatic heterocycles. The molecule has 5 nitrogen and oxygen atoms in total. The minimum Gasteiger partial charge on any atom is -0.345 e. The summed E-state index contributed by atoms with van der Waals surface area (Å²) in [5.74, 6) is 0.0678. The van der Waals surface area contributed by atoms with Crippen LogP contribution in [0.1, 0.15) is 24.5 Å². The van der Waals surface area contributed by atoms with Crippen LogP contribution in [0.5, 0.6) is 0 Å². The maximum Gasteiger partial charge on any atom is 0.224 e. The molecule has 2 aromatic rings. The number of pyridine rings is 1. The first-order valence-corrected chi connectivity index (χ1v) is 8.98. The lowest BCUT2D eigenvalue weighted by Crippen LogP contribution is -2.36. The van der Waals surface area contributed by atoms with Crippen LogP contribution in [0.4, 0.5) is 0 Å². The first kappa shape index (κ1) is 19.6. The van der Waals surface area contributed by atoms with Crippen molar-refractivity contribution >= 4 is 11.8 Å². The Hall–Kier alpha value is -2.69. The summed E-state index contributed by atoms with van der Waals surface area (Å²) < 4.78 is 0. The third-order valence-corrected chi connectivity index (χ3v) is 4.47. The Balaban J connectivity index is 1.76. The van der Waals surface area contributed by atoms with Gasteiger partial charge in [0.2, 0.25) is 11.8 Å². The second-order valence-electron chi connectivity index (χ2n) is 6.41. The molecule has 0 saturated heterocycles. The molecular formula is C21H27N3O2. The molecule has 1 aromatic carbocycles. The van der Waals surface area contributed by atoms with E-state index in [1.165, 1.54) is 5.56 Å². The second kappa shape index (κ2) is 10.3. The Labute approximate surface area is 155 Å². The maximum atomic E-state index is 12.3. The number of amides is 2. The number of carbonyl (C=O) groups excluding carboxylic acids is 2. The van der Waals surface area contributed by atoms with E-state index >= 15 is 0 Å². The molecule has 0 atom stereocenters. The highest BCUT2D eigenvalue weighted by Gasteiger charge is 2.14. The van der Waals surface area contributed by atoms with Crippen LogP contribution in [0.15, 0.2) is 54.9 Å². The third kappa shape index (κ3) is 6.67. The molecule has 0 N–H and O–H groups in total. The fourth-order valence-corrected chi connectivity index (χ4v) is 2.73. The summed E-state index contributed by atoms with van der Waals surface area (Å²) in [7, 11) is 1.81. The Bertz CT molecular complexity index is 689. The van der Waals surface area contributed by atoms with Gasteiger partial charge in [-0.25, -0.2) is 0 Å². The number of benzene rings is 1. The molecule has 0 radical (unpaired) electrons. The van der Waals surface area contributed by atoms with Gasteiger partial charge in [0.25, 0.3) is 0 Å². The fraction of sp³-hybridized carbons (Fsp3) is 0.381. The third-order valence-electron chi connectivity index (χ3n) is 4.47. The van der Waals surface area contributed by atoms with Gasteiger partial charge >= 0.3 is 0 Å². The van der Waals surface area contributed by atoms with Gasteiger partial charge in [-0.1, -0.05) is 30.3 Å². The zero-order chi connectivity index (χ0) is 18.8. The van der Waals surface area contributed by atoms with Crippen LogP contribution < -0.4 is 0 Å². The van der Waals surface area contributed by atoms with Crippen molar-refractivity contribution in [2.75, 3.05) is 26.7 Å². The van der Waals surface area contributed by atoms with Crippen LogP contribution >= 0.6 is 0 Å². The summed E-state index contributed by atoms with van der Waals surface area (Å²) in [6, 6.07) is 14.0. The van der Waals surface area contributed by atoms with E-state index in [0.29, 0.717) is 26.1 Å². The number of hydrogen-bond donors (Lipinski definition) is 0. The molecule has 138 valence electrons. The monoisotopic (exact) mass is 353 g/mol. The SMILES string of the molecule is CC(=O)N(CCC(=O)N(C)CCc1ccncc1)CCc1ccccc1. The van der Waals surface area contributed by atoms with Crippen molar-refractivity contribution in [3.63, 3.8) is 0 Å². The molecular weight excluding hydrogens is 326 g/mol. The predicted molar refractivity (Wildman–Crippen MR) is 103 cm³/mol. The molecule has 0 bridgehead atoms. The summed E-state index contributed by atoms with van der Waals surface area (Å²) in [5.41, 5.74) is 2.35. The number of carbonyl (C=O) groups is 2. The van der Waals surface area contributed by atoms with Crippen LogP contribution in [-0.2, 0) is 22.4 Å². The summed E-state index contributed by atoms with van der Waals surface area (Å²) in [4.78, 5) is 31.7. The van der Waals surface area contributed by atoms with Crippen molar-refractivity contribution in [1.29, 1.82) is 0 Å². The Morgan fingerprint density at radius 1 is 0.885 bits per heavy atom. The molecule has 1 aromatic heterocycles. The van der Waals surface area contributed by atoms with E-state index in [4.69, 9.17) is 0 Å². The highest BCUT2D eigenvalue weighted by atomic mass is 16.2. The highest BCUT2D eigenvalue weighted by Crippen LogP contribution is 2.04. The molecule has 1 heterocycles. The minimum atomic E-state index is 0.00756. The van der Waals surface area contributed by atoms with Gasteiger partial charge in [-0.2, -0.15) is 0 Å². The molecule has 26 heavy (non-hydrogen) atoms. The smallest absolute Gasteiger partial charge is 0.224 e. The number of hydrogen-bond acceptors (Lipinski definition) is 3. The molecule has 0 saturated carbocycles. The van der Waals surface area contributed by atoms with E-state index < -0.39 is 0 Å². The number of aromatic nitrogens is 1. The van der Waals surface area contributed by atoms with Gasteiger partial charge in [0.15, 0.2) is 0 Å². The van der Waals surface area contributed by atoms with Crippen molar-refractivity contribution in [2.24, 2.45) is 0 Å². The topological polar surface area (TPSA) is 53.5 Å². The molecule has 2 rings (SSSR count). The van der Waals surface area contributed by atoms with Crippen LogP contribution in [0, 0.1) is 0 Å². The van der Waals surface area contributed by atoms with Crippen molar-refractivity contribution in [1.82, 2.24) is 14.8 Å². The first-order chi connectivity index (χ1) is 12.6. The van der Waals surface area contributed by atoms with Gasteiger partial charge in [-0.05, 0) is 36.1 Å². The molecule has 0 aliphatic rings. The molecule has 0 spiro atoms. The summed E-state index contributed by atoms with van der Waals surface area (Å²) in [6.45, 7) is 3.31. The average molecular weight is 353 g/mol. The lowest BCUT2D eigenvalue weighted by molar-refractivity contribution is -0.132. The van der Waals surface area contributed by atoms with E-state index in [1.54, 1.807) is 29.1 Å². The fourth-order valence-electron chi connectivity index (χ4n) is 2.73. The molecule has 5 heteroatoms. The lowest BCUT2D eigenvalue weighted by Gasteiger charge is -2.23. The predicted octanol–water partition coefficient (Wildman–Crippen LogP) is 2.56. The largest absolute Gasteiger partial charge is 0.345 e. The van der Waals surface area contributed by atoms with Gasteiger partial charge in [0.05, 0.1) is 0 Å². The van der Waals surface area contributed by atoms with Gasteiger partial charge in [0, 0.05) is 52.4 Å². The van der Waals surface area contributed by atoms with Crippen molar-refractivity contribution in [3.8, 4) is 0 Å². The van der Waals surface area contributed by atoms with E-state index in [9.17, 15) is 9.59 Å². The van der Waals surface area contributed by atoms with Gasteiger partial charge in [-0.15, -0.1) is 0 Å². The van der Waals surface area contributed by atoms with E-state index in [2.05, 4.69) is 17.1 Å². The second-order valence-corrected chi connectivity index (χ2v) is 6.41. The highest BCUT2D eigenvalue weighted by molar-refractivity contribution is 5.78. The summed E-state index contributed by atoms with van der Waals surface area (Å²) in [5, 5.41) is 0. The number of nitrogens with zero attached hydrogens (tertiary/aromatic N) is 3. The normalized spacial score (nSPS) is 10.4. The maximum absolute atomic E-state index is 12.3. The van der Waals surface area contributed by atoms with Crippen LogP contribution in [-0.4, -0.2) is 53.3 Å². The van der Waals surface area contributed by atoms with Crippen molar-refractivity contribution < 1.29 is 9.59 Å². The number of rotatable bonds is 9. The van der Waals surface area contributed by atoms with E-state index in [1.807, 2.05) is 37.4 Å². The average Bonchev–Trinajstić information content (AvgIpc) is 2.67. The quantitative estimate of drug-likeness (QED) is 0.696. The Morgan fingerprint density at radius 3 is 2.15 bits per heavy atom. The van der Waals surface area contributed by atoms with Gasteiger partial charge in [0.1, 0.15) is 0 Å². The number of likely N-dealkylation sites (N-methyl/N-ethyl adjacent to an activating group) is 1. The molecule has 0 unspecified atom stereocenters. The van der Waals surface area contributed by atoms with Crippen LogP contribution in [0.3, 0.4) is 0 Å². The van der Waals surface area contributed by atoms with Crippen molar-refractivity contribution in [2.45, 2.75) is 26.2 Å². The first-order valence-electron chi connectivity index (χ1n) is 8.98. The lowest BCUT2D eigenvalue weighted by atomic mass is 10.1. The summed E-state index contributed by atoms with van der Waals surface area (Å²) >= 11 is 0. The molecule has 0 aliphatic carbocycles. The molecule has 2 amide bonds. The Kier molecular flexibility index (Phi) is 7.80. The van der Waals surface area contributed by atoms with Gasteiger partial charge in [-0.3, -0.25) is 14.6 Å². The van der Waals surface area contributed by atoms with Crippen molar-refractivity contribution in [3.05, 3.63) is 66.0 Å². The van der Waals surface area contributed by atoms with E-state index in [0.717, 1.165) is 18.4 Å². The molecule has 0 fully saturated rings. The summed E-state index contributed by atoms with van der Waals surface area (Å²) in [6.07, 6.45) is 5.46. The van der Waals surface area contributed by atoms with Crippen LogP contribution in [0.2, 0.25) is 0 Å². The van der Waals surface area contributed by atoms with E-state index in [-0.39, 0.29) is 11.8 Å². The van der Waals surface area contributed by atoms with Gasteiger partial charge < -0.3 is 9.80 Å². The zero-order valence-corrected chi connectivity index (χ0v) is 15.6.